The number of aryl methyl sites for hydroxylation is 2. The molecule has 2 aromatic rings. The van der Waals surface area contributed by atoms with E-state index in [0.29, 0.717) is 11.5 Å². The van der Waals surface area contributed by atoms with Crippen LogP contribution in [0.3, 0.4) is 0 Å². The summed E-state index contributed by atoms with van der Waals surface area (Å²) in [4.78, 5) is 4.68. The van der Waals surface area contributed by atoms with Crippen LogP contribution in [-0.4, -0.2) is 19.8 Å². The highest BCUT2D eigenvalue weighted by molar-refractivity contribution is 7.80. The average Bonchev–Trinajstić information content (AvgIpc) is 2.58. The molecule has 0 unspecified atom stereocenters. The monoisotopic (exact) mass is 246 g/mol. The molecule has 0 radical (unpaired) electrons. The first-order valence-electron chi connectivity index (χ1n) is 5.33. The van der Waals surface area contributed by atoms with Gasteiger partial charge in [0.05, 0.1) is 6.54 Å². The molecule has 4 nitrogen and oxygen atoms in total. The van der Waals surface area contributed by atoms with Crippen LogP contribution in [0.2, 0.25) is 0 Å². The summed E-state index contributed by atoms with van der Waals surface area (Å²) < 4.78 is 1.88. The molecule has 5 heteroatoms. The van der Waals surface area contributed by atoms with Crippen LogP contribution in [0.15, 0.2) is 24.3 Å². The first-order chi connectivity index (χ1) is 8.06. The predicted octanol–water partition coefficient (Wildman–Crippen LogP) is 1.58. The molecule has 0 spiro atoms. The smallest absolute Gasteiger partial charge is 0.147 e. The minimum Gasteiger partial charge on any atom is -0.389 e. The fourth-order valence-corrected chi connectivity index (χ4v) is 1.79. The molecule has 88 valence electrons. The summed E-state index contributed by atoms with van der Waals surface area (Å²) in [6.07, 6.45) is 0. The predicted molar refractivity (Wildman–Crippen MR) is 70.9 cm³/mol. The van der Waals surface area contributed by atoms with Crippen LogP contribution in [0.5, 0.6) is 0 Å². The van der Waals surface area contributed by atoms with E-state index in [2.05, 4.69) is 10.1 Å². The molecule has 17 heavy (non-hydrogen) atoms. The maximum atomic E-state index is 5.55. The Morgan fingerprint density at radius 3 is 2.41 bits per heavy atom. The summed E-state index contributed by atoms with van der Waals surface area (Å²) in [7, 11) is 0. The number of benzene rings is 1. The molecule has 1 aromatic heterocycles. The largest absolute Gasteiger partial charge is 0.389 e. The third kappa shape index (κ3) is 2.68. The van der Waals surface area contributed by atoms with Crippen molar-refractivity contribution >= 4 is 17.2 Å². The number of hydrogen-bond acceptors (Lipinski definition) is 3. The average molecular weight is 246 g/mol. The Morgan fingerprint density at radius 2 is 1.94 bits per heavy atom. The molecule has 0 saturated carbocycles. The number of hydrogen-bond donors (Lipinski definition) is 1. The van der Waals surface area contributed by atoms with Crippen LogP contribution in [0.1, 0.15) is 22.8 Å². The van der Waals surface area contributed by atoms with Gasteiger partial charge in [0.25, 0.3) is 0 Å². The maximum Gasteiger partial charge on any atom is 0.147 e. The number of rotatable bonds is 3. The van der Waals surface area contributed by atoms with Gasteiger partial charge in [0, 0.05) is 5.56 Å². The van der Waals surface area contributed by atoms with Gasteiger partial charge in [-0.25, -0.2) is 9.67 Å². The number of aromatic nitrogens is 3. The standard InChI is InChI=1S/C12H14N4S/c1-8-14-9(2)16(15-8)7-10-3-5-11(6-4-10)12(13)17/h3-6H,7H2,1-2H3,(H2,13,17). The molecule has 0 fully saturated rings. The van der Waals surface area contributed by atoms with Crippen molar-refractivity contribution in [1.29, 1.82) is 0 Å². The Morgan fingerprint density at radius 1 is 1.29 bits per heavy atom. The van der Waals surface area contributed by atoms with Gasteiger partial charge in [-0.2, -0.15) is 5.10 Å². The van der Waals surface area contributed by atoms with Crippen molar-refractivity contribution in [3.63, 3.8) is 0 Å². The summed E-state index contributed by atoms with van der Waals surface area (Å²) >= 11 is 4.91. The Hall–Kier alpha value is -1.75. The van der Waals surface area contributed by atoms with Crippen LogP contribution in [0, 0.1) is 13.8 Å². The molecule has 0 saturated heterocycles. The van der Waals surface area contributed by atoms with Gasteiger partial charge in [-0.05, 0) is 19.4 Å². The van der Waals surface area contributed by atoms with Gasteiger partial charge in [-0.3, -0.25) is 0 Å². The molecular formula is C12H14N4S. The molecule has 1 aromatic carbocycles. The lowest BCUT2D eigenvalue weighted by atomic mass is 10.1. The van der Waals surface area contributed by atoms with Crippen molar-refractivity contribution in [2.24, 2.45) is 5.73 Å². The van der Waals surface area contributed by atoms with Crippen molar-refractivity contribution in [2.75, 3.05) is 0 Å². The second-order valence-electron chi connectivity index (χ2n) is 3.93. The topological polar surface area (TPSA) is 56.7 Å². The molecule has 2 rings (SSSR count). The second-order valence-corrected chi connectivity index (χ2v) is 4.36. The molecule has 1 heterocycles. The molecule has 0 amide bonds. The van der Waals surface area contributed by atoms with E-state index in [9.17, 15) is 0 Å². The van der Waals surface area contributed by atoms with E-state index in [0.717, 1.165) is 22.8 Å². The summed E-state index contributed by atoms with van der Waals surface area (Å²) in [5.74, 6) is 1.71. The zero-order chi connectivity index (χ0) is 12.4. The van der Waals surface area contributed by atoms with E-state index in [1.165, 1.54) is 0 Å². The molecule has 2 N–H and O–H groups in total. The highest BCUT2D eigenvalue weighted by atomic mass is 32.1. The van der Waals surface area contributed by atoms with Crippen molar-refractivity contribution in [3.05, 3.63) is 47.0 Å². The van der Waals surface area contributed by atoms with Gasteiger partial charge >= 0.3 is 0 Å². The normalized spacial score (nSPS) is 10.5. The van der Waals surface area contributed by atoms with Crippen LogP contribution in [0.25, 0.3) is 0 Å². The van der Waals surface area contributed by atoms with Crippen molar-refractivity contribution in [1.82, 2.24) is 14.8 Å². The number of thiocarbonyl (C=S) groups is 1. The highest BCUT2D eigenvalue weighted by Gasteiger charge is 2.03. The lowest BCUT2D eigenvalue weighted by Gasteiger charge is -2.04. The fraction of sp³-hybridized carbons (Fsp3) is 0.250. The van der Waals surface area contributed by atoms with E-state index in [1.807, 2.05) is 42.8 Å². The molecule has 0 aliphatic rings. The van der Waals surface area contributed by atoms with Gasteiger partial charge in [-0.1, -0.05) is 36.5 Å². The van der Waals surface area contributed by atoms with Crippen molar-refractivity contribution < 1.29 is 0 Å². The van der Waals surface area contributed by atoms with Crippen molar-refractivity contribution in [3.8, 4) is 0 Å². The molecule has 0 aliphatic heterocycles. The summed E-state index contributed by atoms with van der Waals surface area (Å²) in [6, 6.07) is 7.86. The van der Waals surface area contributed by atoms with Crippen molar-refractivity contribution in [2.45, 2.75) is 20.4 Å². The minimum absolute atomic E-state index is 0.421. The summed E-state index contributed by atoms with van der Waals surface area (Å²) in [5.41, 5.74) is 7.58. The van der Waals surface area contributed by atoms with E-state index in [-0.39, 0.29) is 0 Å². The summed E-state index contributed by atoms with van der Waals surface area (Å²) in [5, 5.41) is 4.32. The third-order valence-electron chi connectivity index (χ3n) is 2.53. The lowest BCUT2D eigenvalue weighted by molar-refractivity contribution is 0.656. The molecular weight excluding hydrogens is 232 g/mol. The Bertz CT molecular complexity index is 542. The quantitative estimate of drug-likeness (QED) is 0.835. The first kappa shape index (κ1) is 11.7. The first-order valence-corrected chi connectivity index (χ1v) is 5.74. The van der Waals surface area contributed by atoms with Crippen LogP contribution < -0.4 is 5.73 Å². The van der Waals surface area contributed by atoms with Gasteiger partial charge < -0.3 is 5.73 Å². The lowest BCUT2D eigenvalue weighted by Crippen LogP contribution is -2.09. The second kappa shape index (κ2) is 4.63. The number of nitrogens with zero attached hydrogens (tertiary/aromatic N) is 3. The molecule has 0 aliphatic carbocycles. The Kier molecular flexibility index (Phi) is 3.19. The van der Waals surface area contributed by atoms with Gasteiger partial charge in [0.15, 0.2) is 0 Å². The zero-order valence-corrected chi connectivity index (χ0v) is 10.7. The van der Waals surface area contributed by atoms with E-state index >= 15 is 0 Å². The SMILES string of the molecule is Cc1nc(C)n(Cc2ccc(C(N)=S)cc2)n1. The summed E-state index contributed by atoms with van der Waals surface area (Å²) in [6.45, 7) is 4.55. The van der Waals surface area contributed by atoms with Gasteiger partial charge in [-0.15, -0.1) is 0 Å². The van der Waals surface area contributed by atoms with Gasteiger partial charge in [0.2, 0.25) is 0 Å². The highest BCUT2D eigenvalue weighted by Crippen LogP contribution is 2.07. The fourth-order valence-electron chi connectivity index (χ4n) is 1.66. The molecule has 0 bridgehead atoms. The van der Waals surface area contributed by atoms with Crippen LogP contribution in [0.4, 0.5) is 0 Å². The maximum absolute atomic E-state index is 5.55. The Balaban J connectivity index is 2.19. The number of nitrogens with two attached hydrogens (primary N) is 1. The Labute approximate surface area is 105 Å². The van der Waals surface area contributed by atoms with Crippen LogP contribution in [-0.2, 0) is 6.54 Å². The minimum atomic E-state index is 0.421. The molecule has 0 atom stereocenters. The van der Waals surface area contributed by atoms with Gasteiger partial charge in [0.1, 0.15) is 16.6 Å². The zero-order valence-electron chi connectivity index (χ0n) is 9.84. The van der Waals surface area contributed by atoms with E-state index in [4.69, 9.17) is 18.0 Å². The van der Waals surface area contributed by atoms with E-state index in [1.54, 1.807) is 0 Å². The third-order valence-corrected chi connectivity index (χ3v) is 2.77. The van der Waals surface area contributed by atoms with Crippen LogP contribution >= 0.6 is 12.2 Å². The van der Waals surface area contributed by atoms with E-state index < -0.39 is 0 Å².